The number of hydrogen-bond acceptors (Lipinski definition) is 6. The molecule has 4 aromatic carbocycles. The van der Waals surface area contributed by atoms with E-state index in [-0.39, 0.29) is 11.3 Å². The second-order valence-electron chi connectivity index (χ2n) is 9.03. The van der Waals surface area contributed by atoms with E-state index in [0.717, 1.165) is 16.3 Å². The fraction of sp³-hybridized carbons (Fsp3) is 0.161. The second-order valence-corrected chi connectivity index (χ2v) is 9.03. The van der Waals surface area contributed by atoms with Gasteiger partial charge in [0.1, 0.15) is 5.76 Å². The van der Waals surface area contributed by atoms with Crippen molar-refractivity contribution in [1.29, 1.82) is 0 Å². The van der Waals surface area contributed by atoms with E-state index < -0.39 is 17.7 Å². The Hall–Kier alpha value is -4.78. The van der Waals surface area contributed by atoms with Crippen molar-refractivity contribution in [1.82, 2.24) is 0 Å². The zero-order valence-corrected chi connectivity index (χ0v) is 21.5. The number of Topliss-reactive ketones (excluding diaryl/α,β-unsaturated/α-hetero) is 1. The smallest absolute Gasteiger partial charge is 0.300 e. The molecule has 0 aromatic heterocycles. The Morgan fingerprint density at radius 2 is 1.47 bits per heavy atom. The van der Waals surface area contributed by atoms with Crippen molar-refractivity contribution in [3.05, 3.63) is 101 Å². The average Bonchev–Trinajstić information content (AvgIpc) is 3.21. The van der Waals surface area contributed by atoms with Crippen LogP contribution in [-0.4, -0.2) is 38.1 Å². The summed E-state index contributed by atoms with van der Waals surface area (Å²) in [7, 11) is 4.49. The van der Waals surface area contributed by atoms with Gasteiger partial charge in [0.15, 0.2) is 11.5 Å². The van der Waals surface area contributed by atoms with Gasteiger partial charge >= 0.3 is 0 Å². The highest BCUT2D eigenvalue weighted by atomic mass is 16.5. The van der Waals surface area contributed by atoms with E-state index in [9.17, 15) is 14.7 Å². The van der Waals surface area contributed by atoms with Crippen molar-refractivity contribution >= 4 is 33.9 Å². The lowest BCUT2D eigenvalue weighted by Gasteiger charge is -2.27. The van der Waals surface area contributed by atoms with Gasteiger partial charge in [-0.2, -0.15) is 0 Å². The standard InChI is InChI=1S/C31H27NO6/c1-18-8-7-11-23(14-18)32-27(22-16-24(36-2)30(38-4)25(17-22)37-3)26(29(34)31(32)35)28(33)21-13-12-19-9-5-6-10-20(19)15-21/h5-17,27,33H,1-4H3/b28-26+. The van der Waals surface area contributed by atoms with Crippen LogP contribution < -0.4 is 19.1 Å². The highest BCUT2D eigenvalue weighted by molar-refractivity contribution is 6.51. The fourth-order valence-corrected chi connectivity index (χ4v) is 4.94. The van der Waals surface area contributed by atoms with Crippen LogP contribution >= 0.6 is 0 Å². The summed E-state index contributed by atoms with van der Waals surface area (Å²) in [5.41, 5.74) is 2.37. The quantitative estimate of drug-likeness (QED) is 0.201. The monoisotopic (exact) mass is 509 g/mol. The molecule has 1 fully saturated rings. The first-order valence-electron chi connectivity index (χ1n) is 12.0. The summed E-state index contributed by atoms with van der Waals surface area (Å²) in [6, 6.07) is 22.9. The van der Waals surface area contributed by atoms with Crippen molar-refractivity contribution in [2.24, 2.45) is 0 Å². The number of carbonyl (C=O) groups is 2. The van der Waals surface area contributed by atoms with Gasteiger partial charge in [-0.1, -0.05) is 48.5 Å². The highest BCUT2D eigenvalue weighted by Gasteiger charge is 2.47. The van der Waals surface area contributed by atoms with Gasteiger partial charge in [0.05, 0.1) is 32.9 Å². The van der Waals surface area contributed by atoms with Gasteiger partial charge in [-0.25, -0.2) is 0 Å². The number of benzene rings is 4. The molecule has 38 heavy (non-hydrogen) atoms. The van der Waals surface area contributed by atoms with Crippen LogP contribution in [0.3, 0.4) is 0 Å². The number of carbonyl (C=O) groups excluding carboxylic acids is 2. The van der Waals surface area contributed by atoms with Gasteiger partial charge in [-0.3, -0.25) is 14.5 Å². The van der Waals surface area contributed by atoms with Gasteiger partial charge in [0.25, 0.3) is 11.7 Å². The SMILES string of the molecule is COc1cc(C2/C(=C(\O)c3ccc4ccccc4c3)C(=O)C(=O)N2c2cccc(C)c2)cc(OC)c1OC. The van der Waals surface area contributed by atoms with E-state index in [2.05, 4.69) is 0 Å². The first kappa shape index (κ1) is 24.9. The molecule has 7 heteroatoms. The molecule has 1 heterocycles. The van der Waals surface area contributed by atoms with Crippen LogP contribution in [0.2, 0.25) is 0 Å². The van der Waals surface area contributed by atoms with Crippen LogP contribution in [0.1, 0.15) is 22.7 Å². The summed E-state index contributed by atoms with van der Waals surface area (Å²) in [5, 5.41) is 13.5. The van der Waals surface area contributed by atoms with Crippen LogP contribution in [0.4, 0.5) is 5.69 Å². The first-order valence-corrected chi connectivity index (χ1v) is 12.0. The normalized spacial score (nSPS) is 16.6. The summed E-state index contributed by atoms with van der Waals surface area (Å²) in [6.45, 7) is 1.91. The van der Waals surface area contributed by atoms with Crippen LogP contribution in [0.25, 0.3) is 16.5 Å². The Morgan fingerprint density at radius 1 is 0.789 bits per heavy atom. The van der Waals surface area contributed by atoms with Crippen molar-refractivity contribution < 1.29 is 28.9 Å². The van der Waals surface area contributed by atoms with E-state index in [1.165, 1.54) is 26.2 Å². The molecule has 0 spiro atoms. The van der Waals surface area contributed by atoms with E-state index >= 15 is 0 Å². The maximum absolute atomic E-state index is 13.6. The summed E-state index contributed by atoms with van der Waals surface area (Å²) in [4.78, 5) is 28.5. The third kappa shape index (κ3) is 4.12. The van der Waals surface area contributed by atoms with E-state index in [4.69, 9.17) is 14.2 Å². The number of fused-ring (bicyclic) bond motifs is 1. The van der Waals surface area contributed by atoms with Crippen LogP contribution in [0, 0.1) is 6.92 Å². The molecule has 0 aliphatic carbocycles. The molecule has 1 unspecified atom stereocenters. The number of nitrogens with zero attached hydrogens (tertiary/aromatic N) is 1. The average molecular weight is 510 g/mol. The Bertz CT molecular complexity index is 1580. The minimum Gasteiger partial charge on any atom is -0.507 e. The molecule has 1 amide bonds. The number of methoxy groups -OCH3 is 3. The second kappa shape index (κ2) is 9.94. The van der Waals surface area contributed by atoms with E-state index in [0.29, 0.717) is 34.1 Å². The summed E-state index contributed by atoms with van der Waals surface area (Å²) in [5.74, 6) is -0.679. The summed E-state index contributed by atoms with van der Waals surface area (Å²) < 4.78 is 16.6. The minimum atomic E-state index is -0.947. The fourth-order valence-electron chi connectivity index (χ4n) is 4.94. The van der Waals surface area contributed by atoms with Gasteiger partial charge in [0, 0.05) is 11.3 Å². The number of aliphatic hydroxyl groups excluding tert-OH is 1. The maximum atomic E-state index is 13.6. The van der Waals surface area contributed by atoms with E-state index in [1.54, 1.807) is 30.3 Å². The maximum Gasteiger partial charge on any atom is 0.300 e. The molecule has 192 valence electrons. The molecule has 5 rings (SSSR count). The molecule has 0 radical (unpaired) electrons. The van der Waals surface area contributed by atoms with Crippen LogP contribution in [0.5, 0.6) is 17.2 Å². The summed E-state index contributed by atoms with van der Waals surface area (Å²) >= 11 is 0. The molecule has 1 saturated heterocycles. The topological polar surface area (TPSA) is 85.3 Å². The van der Waals surface area contributed by atoms with Crippen LogP contribution in [-0.2, 0) is 9.59 Å². The number of aryl methyl sites for hydroxylation is 1. The summed E-state index contributed by atoms with van der Waals surface area (Å²) in [6.07, 6.45) is 0. The third-order valence-corrected chi connectivity index (χ3v) is 6.75. The molecule has 1 aliphatic heterocycles. The van der Waals surface area contributed by atoms with Crippen molar-refractivity contribution in [2.45, 2.75) is 13.0 Å². The molecule has 0 bridgehead atoms. The molecule has 4 aromatic rings. The van der Waals surface area contributed by atoms with Crippen molar-refractivity contribution in [3.63, 3.8) is 0 Å². The lowest BCUT2D eigenvalue weighted by molar-refractivity contribution is -0.132. The first-order chi connectivity index (χ1) is 18.4. The van der Waals surface area contributed by atoms with Gasteiger partial charge in [0.2, 0.25) is 5.75 Å². The zero-order chi connectivity index (χ0) is 27.0. The number of aliphatic hydroxyl groups is 1. The predicted molar refractivity (Wildman–Crippen MR) is 146 cm³/mol. The molecule has 7 nitrogen and oxygen atoms in total. The number of rotatable bonds is 6. The van der Waals surface area contributed by atoms with E-state index in [1.807, 2.05) is 55.5 Å². The highest BCUT2D eigenvalue weighted by Crippen LogP contribution is 2.47. The number of ketones is 1. The number of amides is 1. The third-order valence-electron chi connectivity index (χ3n) is 6.75. The lowest BCUT2D eigenvalue weighted by Crippen LogP contribution is -2.29. The Morgan fingerprint density at radius 3 is 2.11 bits per heavy atom. The molecular weight excluding hydrogens is 482 g/mol. The molecule has 1 aliphatic rings. The number of anilines is 1. The Kier molecular flexibility index (Phi) is 6.51. The number of ether oxygens (including phenoxy) is 3. The minimum absolute atomic E-state index is 0.0268. The number of hydrogen-bond donors (Lipinski definition) is 1. The largest absolute Gasteiger partial charge is 0.507 e. The van der Waals surface area contributed by atoms with Gasteiger partial charge < -0.3 is 19.3 Å². The van der Waals surface area contributed by atoms with Gasteiger partial charge in [-0.05, 0) is 59.2 Å². The van der Waals surface area contributed by atoms with Crippen molar-refractivity contribution in [3.8, 4) is 17.2 Å². The van der Waals surface area contributed by atoms with Crippen molar-refractivity contribution in [2.75, 3.05) is 26.2 Å². The lowest BCUT2D eigenvalue weighted by atomic mass is 9.93. The predicted octanol–water partition coefficient (Wildman–Crippen LogP) is 5.80. The van der Waals surface area contributed by atoms with Gasteiger partial charge in [-0.15, -0.1) is 0 Å². The molecule has 1 N–H and O–H groups in total. The van der Waals surface area contributed by atoms with Crippen LogP contribution in [0.15, 0.2) is 84.4 Å². The molecular formula is C31H27NO6. The molecule has 1 atom stereocenters. The zero-order valence-electron chi connectivity index (χ0n) is 21.5. The Balaban J connectivity index is 1.79. The molecule has 0 saturated carbocycles. The Labute approximate surface area is 220 Å².